The lowest BCUT2D eigenvalue weighted by atomic mass is 10.2. The summed E-state index contributed by atoms with van der Waals surface area (Å²) in [4.78, 5) is 30.2. The molecule has 1 aromatic carbocycles. The van der Waals surface area contributed by atoms with Crippen molar-refractivity contribution < 1.29 is 14.3 Å². The number of amides is 2. The number of ether oxygens (including phenoxy) is 1. The fourth-order valence-corrected chi connectivity index (χ4v) is 2.75. The highest BCUT2D eigenvalue weighted by atomic mass is 16.5. The molecule has 1 aliphatic heterocycles. The Labute approximate surface area is 149 Å². The predicted molar refractivity (Wildman–Crippen MR) is 97.6 cm³/mol. The quantitative estimate of drug-likeness (QED) is 0.672. The van der Waals surface area contributed by atoms with E-state index in [4.69, 9.17) is 4.74 Å². The van der Waals surface area contributed by atoms with Gasteiger partial charge in [-0.25, -0.2) is 0 Å². The van der Waals surface area contributed by atoms with Crippen molar-refractivity contribution in [2.75, 3.05) is 71.5 Å². The molecule has 0 aliphatic carbocycles. The van der Waals surface area contributed by atoms with E-state index in [-0.39, 0.29) is 11.8 Å². The minimum absolute atomic E-state index is 0.0189. The number of benzene rings is 1. The summed E-state index contributed by atoms with van der Waals surface area (Å²) in [5, 5.41) is 2.83. The molecule has 25 heavy (non-hydrogen) atoms. The zero-order valence-corrected chi connectivity index (χ0v) is 15.1. The van der Waals surface area contributed by atoms with E-state index < -0.39 is 0 Å². The third-order valence-corrected chi connectivity index (χ3v) is 4.34. The molecule has 1 aliphatic rings. The van der Waals surface area contributed by atoms with Gasteiger partial charge in [0.1, 0.15) is 0 Å². The van der Waals surface area contributed by atoms with Gasteiger partial charge in [0.05, 0.1) is 19.7 Å². The van der Waals surface area contributed by atoms with Crippen molar-refractivity contribution in [3.8, 4) is 0 Å². The zero-order valence-electron chi connectivity index (χ0n) is 15.1. The second-order valence-corrected chi connectivity index (χ2v) is 6.18. The number of rotatable bonds is 8. The van der Waals surface area contributed by atoms with E-state index >= 15 is 0 Å². The smallest absolute Gasteiger partial charge is 0.240 e. The second-order valence-electron chi connectivity index (χ2n) is 6.18. The molecule has 0 spiro atoms. The van der Waals surface area contributed by atoms with Crippen LogP contribution in [0.3, 0.4) is 0 Å². The van der Waals surface area contributed by atoms with Crippen molar-refractivity contribution in [2.24, 2.45) is 0 Å². The van der Waals surface area contributed by atoms with Crippen LogP contribution >= 0.6 is 0 Å². The molecule has 0 aromatic heterocycles. The van der Waals surface area contributed by atoms with E-state index in [0.29, 0.717) is 26.2 Å². The molecule has 0 bridgehead atoms. The lowest BCUT2D eigenvalue weighted by molar-refractivity contribution is -0.124. The molecule has 2 rings (SSSR count). The summed E-state index contributed by atoms with van der Waals surface area (Å²) in [6.07, 6.45) is 0. The Morgan fingerprint density at radius 3 is 2.28 bits per heavy atom. The number of hydrogen-bond acceptors (Lipinski definition) is 5. The maximum absolute atomic E-state index is 12.4. The average Bonchev–Trinajstić information content (AvgIpc) is 2.63. The molecule has 2 amide bonds. The van der Waals surface area contributed by atoms with Gasteiger partial charge in [-0.05, 0) is 12.1 Å². The Kier molecular flexibility index (Phi) is 7.84. The van der Waals surface area contributed by atoms with Gasteiger partial charge in [-0.1, -0.05) is 18.2 Å². The number of methoxy groups -OCH3 is 1. The lowest BCUT2D eigenvalue weighted by Crippen LogP contribution is -2.51. The minimum atomic E-state index is 0.0189. The molecule has 0 radical (unpaired) electrons. The van der Waals surface area contributed by atoms with Gasteiger partial charge in [-0.2, -0.15) is 0 Å². The van der Waals surface area contributed by atoms with E-state index in [1.54, 1.807) is 19.1 Å². The zero-order chi connectivity index (χ0) is 18.1. The summed E-state index contributed by atoms with van der Waals surface area (Å²) in [6.45, 7) is 5.03. The van der Waals surface area contributed by atoms with Crippen molar-refractivity contribution in [1.29, 1.82) is 0 Å². The lowest BCUT2D eigenvalue weighted by Gasteiger charge is -2.34. The molecule has 0 saturated carbocycles. The van der Waals surface area contributed by atoms with Gasteiger partial charge >= 0.3 is 0 Å². The van der Waals surface area contributed by atoms with Crippen LogP contribution in [-0.2, 0) is 14.3 Å². The first-order chi connectivity index (χ1) is 12.1. The van der Waals surface area contributed by atoms with E-state index in [9.17, 15) is 9.59 Å². The monoisotopic (exact) mass is 348 g/mol. The van der Waals surface area contributed by atoms with Gasteiger partial charge in [-0.3, -0.25) is 19.4 Å². The third kappa shape index (κ3) is 6.45. The molecular formula is C18H28N4O3. The maximum atomic E-state index is 12.4. The summed E-state index contributed by atoms with van der Waals surface area (Å²) >= 11 is 0. The highest BCUT2D eigenvalue weighted by molar-refractivity contribution is 5.94. The summed E-state index contributed by atoms with van der Waals surface area (Å²) in [5.74, 6) is 0.0994. The number of nitrogens with one attached hydrogen (secondary N) is 1. The van der Waals surface area contributed by atoms with Gasteiger partial charge in [0.15, 0.2) is 0 Å². The molecule has 0 atom stereocenters. The third-order valence-electron chi connectivity index (χ3n) is 4.34. The summed E-state index contributed by atoms with van der Waals surface area (Å²) in [5.41, 5.74) is 0.902. The molecule has 1 saturated heterocycles. The first kappa shape index (κ1) is 19.4. The summed E-state index contributed by atoms with van der Waals surface area (Å²) in [7, 11) is 3.42. The van der Waals surface area contributed by atoms with Crippen LogP contribution in [0.2, 0.25) is 0 Å². The van der Waals surface area contributed by atoms with Crippen LogP contribution in [-0.4, -0.2) is 88.2 Å². The van der Waals surface area contributed by atoms with Crippen molar-refractivity contribution in [1.82, 2.24) is 15.1 Å². The molecule has 7 nitrogen and oxygen atoms in total. The van der Waals surface area contributed by atoms with Crippen molar-refractivity contribution in [2.45, 2.75) is 0 Å². The highest BCUT2D eigenvalue weighted by Gasteiger charge is 2.22. The topological polar surface area (TPSA) is 65.1 Å². The van der Waals surface area contributed by atoms with Crippen LogP contribution < -0.4 is 10.2 Å². The summed E-state index contributed by atoms with van der Waals surface area (Å²) in [6, 6.07) is 9.65. The van der Waals surface area contributed by atoms with Gasteiger partial charge in [-0.15, -0.1) is 0 Å². The Hall–Kier alpha value is -1.96. The Balaban J connectivity index is 1.69. The first-order valence-corrected chi connectivity index (χ1v) is 8.62. The Morgan fingerprint density at radius 2 is 1.68 bits per heavy atom. The van der Waals surface area contributed by atoms with Gasteiger partial charge in [0.25, 0.3) is 0 Å². The number of para-hydroxylation sites is 1. The van der Waals surface area contributed by atoms with E-state index in [1.807, 2.05) is 30.3 Å². The Bertz CT molecular complexity index is 545. The Morgan fingerprint density at radius 1 is 1.08 bits per heavy atom. The molecule has 1 fully saturated rings. The number of likely N-dealkylation sites (N-methyl/N-ethyl adjacent to an activating group) is 1. The van der Waals surface area contributed by atoms with Crippen LogP contribution in [0.25, 0.3) is 0 Å². The van der Waals surface area contributed by atoms with Crippen molar-refractivity contribution >= 4 is 17.5 Å². The van der Waals surface area contributed by atoms with Crippen LogP contribution in [0.5, 0.6) is 0 Å². The molecule has 7 heteroatoms. The molecule has 138 valence electrons. The number of carbonyl (C=O) groups is 2. The standard InChI is InChI=1S/C18H28N4O3/c1-20(16-6-4-3-5-7-16)18(24)15-22-11-9-21(10-12-22)14-17(23)19-8-13-25-2/h3-7H,8-15H2,1-2H3,(H,19,23). The van der Waals surface area contributed by atoms with Gasteiger partial charge in [0.2, 0.25) is 11.8 Å². The molecule has 1 N–H and O–H groups in total. The number of hydrogen-bond donors (Lipinski definition) is 1. The van der Waals surface area contributed by atoms with E-state index in [1.165, 1.54) is 0 Å². The van der Waals surface area contributed by atoms with Gasteiger partial charge in [0, 0.05) is 52.6 Å². The van der Waals surface area contributed by atoms with Crippen LogP contribution in [0.1, 0.15) is 0 Å². The molecule has 1 heterocycles. The van der Waals surface area contributed by atoms with Gasteiger partial charge < -0.3 is 15.0 Å². The van der Waals surface area contributed by atoms with Crippen molar-refractivity contribution in [3.05, 3.63) is 30.3 Å². The van der Waals surface area contributed by atoms with Crippen LogP contribution in [0.15, 0.2) is 30.3 Å². The predicted octanol–water partition coefficient (Wildman–Crippen LogP) is 0.0296. The fourth-order valence-electron chi connectivity index (χ4n) is 2.75. The average molecular weight is 348 g/mol. The van der Waals surface area contributed by atoms with Crippen LogP contribution in [0, 0.1) is 0 Å². The minimum Gasteiger partial charge on any atom is -0.383 e. The number of nitrogens with zero attached hydrogens (tertiary/aromatic N) is 3. The van der Waals surface area contributed by atoms with E-state index in [0.717, 1.165) is 31.9 Å². The number of piperazine rings is 1. The van der Waals surface area contributed by atoms with E-state index in [2.05, 4.69) is 15.1 Å². The fraction of sp³-hybridized carbons (Fsp3) is 0.556. The largest absolute Gasteiger partial charge is 0.383 e. The summed E-state index contributed by atoms with van der Waals surface area (Å²) < 4.78 is 4.91. The molecular weight excluding hydrogens is 320 g/mol. The van der Waals surface area contributed by atoms with Crippen LogP contribution in [0.4, 0.5) is 5.69 Å². The SMILES string of the molecule is COCCNC(=O)CN1CCN(CC(=O)N(C)c2ccccc2)CC1. The normalized spacial score (nSPS) is 15.8. The second kappa shape index (κ2) is 10.1. The first-order valence-electron chi connectivity index (χ1n) is 8.62. The maximum Gasteiger partial charge on any atom is 0.240 e. The number of carbonyl (C=O) groups excluding carboxylic acids is 2. The molecule has 0 unspecified atom stereocenters. The number of anilines is 1. The van der Waals surface area contributed by atoms with Crippen molar-refractivity contribution in [3.63, 3.8) is 0 Å². The highest BCUT2D eigenvalue weighted by Crippen LogP contribution is 2.12. The molecule has 1 aromatic rings.